The summed E-state index contributed by atoms with van der Waals surface area (Å²) in [6.07, 6.45) is -26.6. The molecule has 12 nitrogen and oxygen atoms in total. The van der Waals surface area contributed by atoms with Gasteiger partial charge in [0, 0.05) is 149 Å². The standard InChI is InChI=1S/2C41H40F5N3O3S/c2*1-27-6-15-36-34(22-27)37(50)23-39(53-26-31-4-3-5-35(42)40(31)43)49(36)25-38(51)48(33-16-18-47(19-17-33)20-21-52-2)24-28-7-9-29(10-8-28)30-11-13-32(14-12-30)41(44,45)46/h2*3-15,22-23,33H,16-21,24-26H2,1-2H3/i6D,15D,16D2,17D2,18D2,19D2,21D2,22D,23D,25D2,26D2,33D;6D,15D,16D2,17D2,18D2,19D2,21D2,22D,23D,25D2,33D. The Balaban J connectivity index is 0.000000271. The van der Waals surface area contributed by atoms with Gasteiger partial charge in [-0.25, -0.2) is 17.6 Å². The number of nitrogens with zero attached hydrogens (tertiary/aromatic N) is 6. The number of carbonyl (C=O) groups excluding carboxylic acids is 2. The summed E-state index contributed by atoms with van der Waals surface area (Å²) in [5.41, 5.74) is -12.5. The fraction of sp³-hybridized carbons (Fsp3) is 0.317. The van der Waals surface area contributed by atoms with Crippen LogP contribution in [0.3, 0.4) is 0 Å². The summed E-state index contributed by atoms with van der Waals surface area (Å²) in [4.78, 5) is 58.2. The number of benzene rings is 8. The Hall–Kier alpha value is -9.04. The Morgan fingerprint density at radius 1 is 0.528 bits per heavy atom. The summed E-state index contributed by atoms with van der Waals surface area (Å²) in [6, 6.07) is 4.98. The van der Waals surface area contributed by atoms with E-state index in [1.807, 2.05) is 0 Å². The zero-order chi connectivity index (χ0) is 108. The average Bonchev–Trinajstić information content (AvgIpc) is 0.664. The molecule has 2 aromatic heterocycles. The van der Waals surface area contributed by atoms with Crippen LogP contribution in [0.5, 0.6) is 0 Å². The van der Waals surface area contributed by atoms with Crippen molar-refractivity contribution in [3.8, 4) is 22.3 Å². The highest BCUT2D eigenvalue weighted by Crippen LogP contribution is 2.36. The molecular formula is C82H80F10N6O6S2. The molecule has 0 saturated carbocycles. The topological polar surface area (TPSA) is 110 Å². The van der Waals surface area contributed by atoms with Gasteiger partial charge in [-0.1, -0.05) is 120 Å². The Kier molecular flexibility index (Phi) is 14.5. The van der Waals surface area contributed by atoms with Crippen molar-refractivity contribution in [2.24, 2.45) is 0 Å². The highest BCUT2D eigenvalue weighted by Gasteiger charge is 2.34. The number of hydrogen-bond acceptors (Lipinski definition) is 10. The number of carbonyl (C=O) groups is 2. The van der Waals surface area contributed by atoms with Gasteiger partial charge < -0.3 is 38.2 Å². The normalized spacial score (nSPS) is 24.2. The first-order valence-electron chi connectivity index (χ1n) is 49.0. The van der Waals surface area contributed by atoms with Gasteiger partial charge in [-0.2, -0.15) is 26.3 Å². The van der Waals surface area contributed by atoms with Crippen molar-refractivity contribution in [1.29, 1.82) is 0 Å². The van der Waals surface area contributed by atoms with Crippen LogP contribution >= 0.6 is 23.5 Å². The summed E-state index contributed by atoms with van der Waals surface area (Å²) in [5, 5.41) is -4.25. The minimum Gasteiger partial charge on any atom is -0.383 e. The summed E-state index contributed by atoms with van der Waals surface area (Å²) in [6.45, 7) is -34.3. The molecule has 2 amide bonds. The largest absolute Gasteiger partial charge is 0.416 e. The number of pyridine rings is 2. The molecule has 0 spiro atoms. The number of halogens is 10. The molecule has 0 unspecified atom stereocenters. The van der Waals surface area contributed by atoms with Crippen LogP contribution in [0.4, 0.5) is 43.9 Å². The van der Waals surface area contributed by atoms with Gasteiger partial charge in [0.15, 0.2) is 34.1 Å². The van der Waals surface area contributed by atoms with Crippen molar-refractivity contribution in [2.75, 3.05) is 66.4 Å². The Bertz CT molecular complexity index is 6720. The SMILES string of the molecule is [2H]c1c(C)c([2H])c2c(=O)c([2H])c(SC([2H])([2H])c3cccc(F)c3F)n(C([2H])([2H])C(=O)N(Cc3ccc(-c4ccc(C(F)(F)F)cc4)cc3)C3([2H])C([2H])([2H])C([2H])([2H])N(CC([2H])([2H])OC)C([2H])([2H])C3([2H])[2H])c2c1[2H].[2H]c1c(C)c([2H])c2c(=O)c([2H])c(SCc3cccc(F)c3F)n(C([2H])([2H])C(=O)N(Cc3ccc(-c4ccc(C(F)(F)F)cc4)cc3)C3([2H])C([2H])([2H])C([2H])([2H])N(CC([2H])([2H])OC)C([2H])([2H])C3([2H])[2H])c2c1[2H]. The van der Waals surface area contributed by atoms with E-state index in [-0.39, 0.29) is 79.4 Å². The lowest BCUT2D eigenvalue weighted by Crippen LogP contribution is -2.48. The second-order valence-corrected chi connectivity index (χ2v) is 24.3. The lowest BCUT2D eigenvalue weighted by molar-refractivity contribution is -0.138. The van der Waals surface area contributed by atoms with E-state index in [9.17, 15) is 63.9 Å². The summed E-state index contributed by atoms with van der Waals surface area (Å²) in [5.74, 6) is -11.5. The number of thioether (sulfide) groups is 2. The van der Waals surface area contributed by atoms with E-state index in [4.69, 9.17) is 30.2 Å². The Labute approximate surface area is 667 Å². The number of hydrogen-bond donors (Lipinski definition) is 0. The van der Waals surface area contributed by atoms with Crippen molar-refractivity contribution >= 4 is 57.1 Å². The van der Waals surface area contributed by atoms with Crippen LogP contribution in [0.25, 0.3) is 44.1 Å². The Morgan fingerprint density at radius 2 is 0.896 bits per heavy atom. The van der Waals surface area contributed by atoms with Crippen LogP contribution < -0.4 is 10.9 Å². The molecule has 2 aliphatic rings. The number of likely N-dealkylation sites (tertiary alicyclic amines) is 2. The fourth-order valence-electron chi connectivity index (χ4n) is 9.94. The van der Waals surface area contributed by atoms with Gasteiger partial charge >= 0.3 is 12.4 Å². The van der Waals surface area contributed by atoms with E-state index in [1.165, 1.54) is 24.3 Å². The molecule has 8 aromatic carbocycles. The minimum absolute atomic E-state index is 0.0767. The number of ether oxygens (including phenoxy) is 2. The monoisotopic (exact) mass is 1530 g/mol. The summed E-state index contributed by atoms with van der Waals surface area (Å²) in [7, 11) is 1.56. The molecular weight excluding hydrogens is 1420 g/mol. The van der Waals surface area contributed by atoms with Crippen LogP contribution in [0.1, 0.15) is 119 Å². The molecule has 0 radical (unpaired) electrons. The Morgan fingerprint density at radius 3 is 1.28 bits per heavy atom. The number of piperidine rings is 2. The van der Waals surface area contributed by atoms with Gasteiger partial charge in [-0.05, 0) is 133 Å². The smallest absolute Gasteiger partial charge is 0.383 e. The third-order valence-corrected chi connectivity index (χ3v) is 17.1. The van der Waals surface area contributed by atoms with Crippen LogP contribution in [0, 0.1) is 37.1 Å². The van der Waals surface area contributed by atoms with E-state index in [0.717, 1.165) is 131 Å². The molecule has 24 heteroatoms. The van der Waals surface area contributed by atoms with Gasteiger partial charge in [0.25, 0.3) is 0 Å². The minimum atomic E-state index is -4.70. The number of rotatable bonds is 24. The predicted octanol–water partition coefficient (Wildman–Crippen LogP) is 17.4. The van der Waals surface area contributed by atoms with Crippen LogP contribution in [0.15, 0.2) is 201 Å². The molecule has 0 atom stereocenters. The predicted molar refractivity (Wildman–Crippen MR) is 395 cm³/mol. The first-order valence-corrected chi connectivity index (χ1v) is 32.8. The first-order chi connectivity index (χ1) is 64.7. The first kappa shape index (κ1) is 43.7. The average molecular weight is 1540 g/mol. The number of fused-ring (bicyclic) bond motifs is 2. The van der Waals surface area contributed by atoms with E-state index >= 15 is 18.4 Å². The highest BCUT2D eigenvalue weighted by molar-refractivity contribution is 7.98. The summed E-state index contributed by atoms with van der Waals surface area (Å²) >= 11 is -0.187. The van der Waals surface area contributed by atoms with E-state index < -0.39 is 305 Å². The number of amides is 2. The third-order valence-electron chi connectivity index (χ3n) is 15.3. The molecule has 2 fully saturated rings. The maximum absolute atomic E-state index is 15.6. The number of alkyl halides is 6. The second kappa shape index (κ2) is 35.1. The van der Waals surface area contributed by atoms with Crippen LogP contribution in [-0.2, 0) is 69.0 Å². The molecule has 4 heterocycles. The van der Waals surface area contributed by atoms with Crippen molar-refractivity contribution < 1.29 is 112 Å². The summed E-state index contributed by atoms with van der Waals surface area (Å²) < 4.78 is 473. The molecule has 556 valence electrons. The number of methoxy groups -OCH3 is 2. The molecule has 2 saturated heterocycles. The van der Waals surface area contributed by atoms with E-state index in [1.54, 1.807) is 0 Å². The van der Waals surface area contributed by atoms with Crippen molar-refractivity contribution in [3.63, 3.8) is 0 Å². The van der Waals surface area contributed by atoms with Crippen molar-refractivity contribution in [1.82, 2.24) is 28.7 Å². The maximum atomic E-state index is 15.6. The zero-order valence-electron chi connectivity index (χ0n) is 91.5. The van der Waals surface area contributed by atoms with Crippen molar-refractivity contribution in [3.05, 3.63) is 270 Å². The van der Waals surface area contributed by atoms with Gasteiger partial charge in [0.05, 0.1) is 70.0 Å². The van der Waals surface area contributed by atoms with Gasteiger partial charge in [0.2, 0.25) is 11.8 Å². The maximum Gasteiger partial charge on any atom is 0.416 e. The molecule has 0 bridgehead atoms. The quantitative estimate of drug-likeness (QED) is 0.0428. The van der Waals surface area contributed by atoms with E-state index in [0.29, 0.717) is 6.07 Å². The molecule has 10 aromatic rings. The molecule has 106 heavy (non-hydrogen) atoms. The highest BCUT2D eigenvalue weighted by atomic mass is 32.2. The van der Waals surface area contributed by atoms with Gasteiger partial charge in [-0.15, -0.1) is 23.5 Å². The molecule has 0 aliphatic carbocycles. The van der Waals surface area contributed by atoms with E-state index in [2.05, 4.69) is 9.47 Å². The van der Waals surface area contributed by atoms with Crippen molar-refractivity contribution in [2.45, 2.75) is 111 Å². The van der Waals surface area contributed by atoms with Crippen LogP contribution in [0.2, 0.25) is 0 Å². The second-order valence-electron chi connectivity index (χ2n) is 22.5. The molecule has 2 aliphatic heterocycles. The third kappa shape index (κ3) is 19.6. The van der Waals surface area contributed by atoms with Gasteiger partial charge in [0.1, 0.15) is 13.0 Å². The van der Waals surface area contributed by atoms with Crippen LogP contribution in [-0.4, -0.2) is 119 Å². The lowest BCUT2D eigenvalue weighted by Gasteiger charge is -2.39. The zero-order valence-corrected chi connectivity index (χ0v) is 57.1. The number of aromatic nitrogens is 2. The molecule has 12 rings (SSSR count). The molecule has 0 N–H and O–H groups in total. The fourth-order valence-corrected chi connectivity index (χ4v) is 11.6. The lowest BCUT2D eigenvalue weighted by atomic mass is 10.00. The van der Waals surface area contributed by atoms with Gasteiger partial charge in [-0.3, -0.25) is 19.2 Å².